The summed E-state index contributed by atoms with van der Waals surface area (Å²) in [5, 5.41) is 0.817. The van der Waals surface area contributed by atoms with E-state index in [9.17, 15) is 9.59 Å². The topological polar surface area (TPSA) is 56.5 Å². The average molecular weight is 260 g/mol. The second-order valence-electron chi connectivity index (χ2n) is 5.20. The third kappa shape index (κ3) is 2.67. The number of ether oxygens (including phenoxy) is 1. The predicted molar refractivity (Wildman–Crippen MR) is 72.6 cm³/mol. The monoisotopic (exact) mass is 260 g/mol. The first kappa shape index (κ1) is 13.3. The van der Waals surface area contributed by atoms with E-state index in [2.05, 4.69) is 0 Å². The fraction of sp³-hybridized carbons (Fsp3) is 0.333. The Bertz CT molecular complexity index is 667. The molecule has 0 unspecified atom stereocenters. The summed E-state index contributed by atoms with van der Waals surface area (Å²) in [5.41, 5.74) is 0.276. The highest BCUT2D eigenvalue weighted by atomic mass is 16.5. The number of fused-ring (bicyclic) bond motifs is 1. The number of carbonyl (C=O) groups excluding carboxylic acids is 1. The van der Waals surface area contributed by atoms with Gasteiger partial charge in [-0.25, -0.2) is 4.79 Å². The van der Waals surface area contributed by atoms with Crippen LogP contribution in [-0.4, -0.2) is 13.4 Å². The van der Waals surface area contributed by atoms with Crippen molar-refractivity contribution in [1.29, 1.82) is 0 Å². The molecule has 0 atom stereocenters. The zero-order chi connectivity index (χ0) is 14.0. The number of hydrogen-bond donors (Lipinski definition) is 0. The Morgan fingerprint density at radius 1 is 1.26 bits per heavy atom. The van der Waals surface area contributed by atoms with Crippen LogP contribution in [0.1, 0.15) is 19.4 Å². The van der Waals surface area contributed by atoms with Crippen LogP contribution < -0.4 is 10.4 Å². The Hall–Kier alpha value is -2.10. The van der Waals surface area contributed by atoms with Crippen LogP contribution in [0.5, 0.6) is 5.75 Å². The van der Waals surface area contributed by atoms with Gasteiger partial charge in [-0.1, -0.05) is 13.8 Å². The Morgan fingerprint density at radius 3 is 2.58 bits per heavy atom. The van der Waals surface area contributed by atoms with Gasteiger partial charge >= 0.3 is 5.63 Å². The summed E-state index contributed by atoms with van der Waals surface area (Å²) >= 11 is 0. The molecular weight excluding hydrogens is 244 g/mol. The summed E-state index contributed by atoms with van der Waals surface area (Å²) in [6.45, 7) is 3.67. The molecule has 0 radical (unpaired) electrons. The van der Waals surface area contributed by atoms with Gasteiger partial charge in [0.15, 0.2) is 0 Å². The molecule has 0 spiro atoms. The van der Waals surface area contributed by atoms with E-state index in [4.69, 9.17) is 9.15 Å². The maximum Gasteiger partial charge on any atom is 0.336 e. The fourth-order valence-electron chi connectivity index (χ4n) is 2.03. The van der Waals surface area contributed by atoms with E-state index >= 15 is 0 Å². The molecule has 4 heteroatoms. The van der Waals surface area contributed by atoms with Gasteiger partial charge < -0.3 is 13.9 Å². The molecule has 0 bridgehead atoms. The van der Waals surface area contributed by atoms with Gasteiger partial charge in [-0.2, -0.15) is 0 Å². The third-order valence-electron chi connectivity index (χ3n) is 3.02. The Labute approximate surface area is 111 Å². The second-order valence-corrected chi connectivity index (χ2v) is 5.20. The fourth-order valence-corrected chi connectivity index (χ4v) is 2.03. The molecule has 100 valence electrons. The Balaban J connectivity index is 2.70. The van der Waals surface area contributed by atoms with Crippen LogP contribution in [0, 0.1) is 5.41 Å². The van der Waals surface area contributed by atoms with Gasteiger partial charge in [0.1, 0.15) is 17.6 Å². The molecule has 0 saturated carbocycles. The molecule has 1 heterocycles. The van der Waals surface area contributed by atoms with Crippen molar-refractivity contribution in [3.63, 3.8) is 0 Å². The molecule has 0 amide bonds. The molecule has 1 aromatic carbocycles. The van der Waals surface area contributed by atoms with Crippen LogP contribution in [0.4, 0.5) is 0 Å². The highest BCUT2D eigenvalue weighted by Gasteiger charge is 2.22. The van der Waals surface area contributed by atoms with Crippen LogP contribution in [-0.2, 0) is 11.2 Å². The molecule has 2 rings (SSSR count). The summed E-state index contributed by atoms with van der Waals surface area (Å²) in [6.07, 6.45) is 1.34. The average Bonchev–Trinajstić information content (AvgIpc) is 2.39. The van der Waals surface area contributed by atoms with Gasteiger partial charge in [0.2, 0.25) is 0 Å². The molecule has 1 aromatic heterocycles. The standard InChI is InChI=1S/C15H16O4/c1-15(2,9-16)8-11-12(18-3)6-4-10-5-7-13(17)19-14(10)11/h4-7,9H,8H2,1-3H3. The van der Waals surface area contributed by atoms with Crippen molar-refractivity contribution in [1.82, 2.24) is 0 Å². The number of benzene rings is 1. The molecule has 0 N–H and O–H groups in total. The molecule has 0 aliphatic carbocycles. The Morgan fingerprint density at radius 2 is 1.95 bits per heavy atom. The van der Waals surface area contributed by atoms with Crippen molar-refractivity contribution in [3.8, 4) is 5.75 Å². The highest BCUT2D eigenvalue weighted by molar-refractivity contribution is 5.82. The smallest absolute Gasteiger partial charge is 0.336 e. The van der Waals surface area contributed by atoms with E-state index in [1.54, 1.807) is 13.2 Å². The lowest BCUT2D eigenvalue weighted by molar-refractivity contribution is -0.114. The van der Waals surface area contributed by atoms with Crippen LogP contribution in [0.2, 0.25) is 0 Å². The largest absolute Gasteiger partial charge is 0.496 e. The molecule has 0 aliphatic heterocycles. The van der Waals surface area contributed by atoms with Gasteiger partial charge in [-0.05, 0) is 24.6 Å². The SMILES string of the molecule is COc1ccc2ccc(=O)oc2c1CC(C)(C)C=O. The van der Waals surface area contributed by atoms with Crippen molar-refractivity contribution < 1.29 is 13.9 Å². The minimum absolute atomic E-state index is 0.411. The van der Waals surface area contributed by atoms with E-state index in [0.29, 0.717) is 17.8 Å². The molecule has 4 nitrogen and oxygen atoms in total. The van der Waals surface area contributed by atoms with E-state index < -0.39 is 11.0 Å². The highest BCUT2D eigenvalue weighted by Crippen LogP contribution is 2.32. The van der Waals surface area contributed by atoms with E-state index in [1.807, 2.05) is 26.0 Å². The number of rotatable bonds is 4. The first-order chi connectivity index (χ1) is 8.96. The van der Waals surface area contributed by atoms with E-state index in [0.717, 1.165) is 17.2 Å². The maximum atomic E-state index is 11.4. The van der Waals surface area contributed by atoms with Gasteiger partial charge in [-0.15, -0.1) is 0 Å². The summed E-state index contributed by atoms with van der Waals surface area (Å²) in [4.78, 5) is 22.5. The number of carbonyl (C=O) groups is 1. The van der Waals surface area contributed by atoms with E-state index in [-0.39, 0.29) is 0 Å². The quantitative estimate of drug-likeness (QED) is 0.626. The van der Waals surface area contributed by atoms with Crippen molar-refractivity contribution in [2.75, 3.05) is 7.11 Å². The third-order valence-corrected chi connectivity index (χ3v) is 3.02. The first-order valence-corrected chi connectivity index (χ1v) is 6.03. The molecule has 19 heavy (non-hydrogen) atoms. The second kappa shape index (κ2) is 4.88. The molecule has 2 aromatic rings. The van der Waals surface area contributed by atoms with Crippen molar-refractivity contribution in [2.24, 2.45) is 5.41 Å². The number of hydrogen-bond acceptors (Lipinski definition) is 4. The van der Waals surface area contributed by atoms with Crippen LogP contribution in [0.3, 0.4) is 0 Å². The molecular formula is C15H16O4. The van der Waals surface area contributed by atoms with Gasteiger partial charge in [0, 0.05) is 22.4 Å². The van der Waals surface area contributed by atoms with Gasteiger partial charge in [-0.3, -0.25) is 0 Å². The first-order valence-electron chi connectivity index (χ1n) is 6.03. The van der Waals surface area contributed by atoms with Crippen LogP contribution >= 0.6 is 0 Å². The predicted octanol–water partition coefficient (Wildman–Crippen LogP) is 2.57. The zero-order valence-electron chi connectivity index (χ0n) is 11.2. The van der Waals surface area contributed by atoms with Crippen LogP contribution in [0.25, 0.3) is 11.0 Å². The number of aldehydes is 1. The maximum absolute atomic E-state index is 11.4. The molecule has 0 fully saturated rings. The van der Waals surface area contributed by atoms with Crippen molar-refractivity contribution in [3.05, 3.63) is 40.2 Å². The van der Waals surface area contributed by atoms with Crippen molar-refractivity contribution in [2.45, 2.75) is 20.3 Å². The van der Waals surface area contributed by atoms with Crippen molar-refractivity contribution >= 4 is 17.3 Å². The summed E-state index contributed by atoms with van der Waals surface area (Å²) in [5.74, 6) is 0.622. The summed E-state index contributed by atoms with van der Waals surface area (Å²) in [6, 6.07) is 6.73. The van der Waals surface area contributed by atoms with Gasteiger partial charge in [0.05, 0.1) is 7.11 Å². The summed E-state index contributed by atoms with van der Waals surface area (Å²) < 4.78 is 10.6. The number of methoxy groups -OCH3 is 1. The minimum atomic E-state index is -0.546. The van der Waals surface area contributed by atoms with E-state index in [1.165, 1.54) is 6.07 Å². The molecule has 0 saturated heterocycles. The Kier molecular flexibility index (Phi) is 3.42. The zero-order valence-corrected chi connectivity index (χ0v) is 11.2. The normalized spacial score (nSPS) is 11.5. The lowest BCUT2D eigenvalue weighted by atomic mass is 9.86. The van der Waals surface area contributed by atoms with Crippen LogP contribution in [0.15, 0.2) is 33.5 Å². The van der Waals surface area contributed by atoms with Gasteiger partial charge in [0.25, 0.3) is 0 Å². The summed E-state index contributed by atoms with van der Waals surface area (Å²) in [7, 11) is 1.56. The lowest BCUT2D eigenvalue weighted by Gasteiger charge is -2.19. The minimum Gasteiger partial charge on any atom is -0.496 e. The molecule has 0 aliphatic rings. The lowest BCUT2D eigenvalue weighted by Crippen LogP contribution is -2.17.